The predicted molar refractivity (Wildman–Crippen MR) is 101 cm³/mol. The third kappa shape index (κ3) is 3.54. The van der Waals surface area contributed by atoms with E-state index in [9.17, 15) is 13.2 Å². The summed E-state index contributed by atoms with van der Waals surface area (Å²) < 4.78 is 25.3. The van der Waals surface area contributed by atoms with Crippen LogP contribution < -0.4 is 5.73 Å². The van der Waals surface area contributed by atoms with Gasteiger partial charge in [-0.25, -0.2) is 8.42 Å². The molecule has 0 aromatic heterocycles. The number of sulfone groups is 1. The largest absolute Gasteiger partial charge is 0.341 e. The average Bonchev–Trinajstić information content (AvgIpc) is 3.25. The Morgan fingerprint density at radius 1 is 1.24 bits per heavy atom. The first-order chi connectivity index (χ1) is 11.4. The number of benzene rings is 1. The van der Waals surface area contributed by atoms with Crippen LogP contribution in [0.2, 0.25) is 5.02 Å². The van der Waals surface area contributed by atoms with Gasteiger partial charge in [0.15, 0.2) is 14.6 Å². The molecule has 1 saturated carbocycles. The molecule has 140 valence electrons. The number of amides is 1. The van der Waals surface area contributed by atoms with Gasteiger partial charge < -0.3 is 10.6 Å². The molecule has 0 radical (unpaired) electrons. The van der Waals surface area contributed by atoms with Crippen molar-refractivity contribution in [3.8, 4) is 0 Å². The minimum atomic E-state index is -3.76. The lowest BCUT2D eigenvalue weighted by Crippen LogP contribution is -2.51. The van der Waals surface area contributed by atoms with Crippen molar-refractivity contribution in [1.29, 1.82) is 0 Å². The normalized spacial score (nSPS) is 22.6. The van der Waals surface area contributed by atoms with Gasteiger partial charge in [-0.3, -0.25) is 4.79 Å². The molecule has 1 saturated heterocycles. The number of nitrogens with zero attached hydrogens (tertiary/aromatic N) is 1. The monoisotopic (exact) mass is 406 g/mol. The quantitative estimate of drug-likeness (QED) is 0.832. The van der Waals surface area contributed by atoms with Gasteiger partial charge in [-0.1, -0.05) is 24.4 Å². The summed E-state index contributed by atoms with van der Waals surface area (Å²) in [6, 6.07) is 6.11. The lowest BCUT2D eigenvalue weighted by molar-refractivity contribution is -0.133. The molecule has 25 heavy (non-hydrogen) atoms. The first kappa shape index (κ1) is 20.5. The third-order valence-electron chi connectivity index (χ3n) is 5.35. The minimum absolute atomic E-state index is 0. The molecule has 0 spiro atoms. The highest BCUT2D eigenvalue weighted by Crippen LogP contribution is 2.42. The first-order valence-electron chi connectivity index (χ1n) is 8.40. The lowest BCUT2D eigenvalue weighted by Gasteiger charge is -2.32. The van der Waals surface area contributed by atoms with Crippen LogP contribution >= 0.6 is 24.0 Å². The Balaban J connectivity index is 0.00000225. The molecule has 1 aliphatic carbocycles. The van der Waals surface area contributed by atoms with Gasteiger partial charge >= 0.3 is 0 Å². The third-order valence-corrected chi connectivity index (χ3v) is 8.10. The number of hydrogen-bond donors (Lipinski definition) is 1. The van der Waals surface area contributed by atoms with E-state index in [1.165, 1.54) is 12.1 Å². The van der Waals surface area contributed by atoms with E-state index in [4.69, 9.17) is 17.3 Å². The van der Waals surface area contributed by atoms with Crippen LogP contribution in [0.1, 0.15) is 32.1 Å². The maximum Gasteiger partial charge on any atom is 0.244 e. The van der Waals surface area contributed by atoms with Crippen molar-refractivity contribution >= 4 is 39.8 Å². The molecule has 3 rings (SSSR count). The number of rotatable bonds is 4. The molecule has 0 bridgehead atoms. The fourth-order valence-electron chi connectivity index (χ4n) is 3.88. The van der Waals surface area contributed by atoms with Gasteiger partial charge in [0.25, 0.3) is 0 Å². The smallest absolute Gasteiger partial charge is 0.244 e. The molecule has 5 nitrogen and oxygen atoms in total. The Morgan fingerprint density at radius 2 is 1.84 bits per heavy atom. The Bertz CT molecular complexity index is 716. The number of nitrogens with two attached hydrogens (primary N) is 1. The molecule has 2 fully saturated rings. The second kappa shape index (κ2) is 7.82. The van der Waals surface area contributed by atoms with Crippen LogP contribution in [-0.4, -0.2) is 43.6 Å². The van der Waals surface area contributed by atoms with Crippen LogP contribution in [0, 0.1) is 5.92 Å². The van der Waals surface area contributed by atoms with Crippen LogP contribution in [0.4, 0.5) is 0 Å². The standard InChI is InChI=1S/C17H23ClN2O3S.ClH/c18-14-3-5-15(6-4-14)24(22,23)17(8-1-2-9-17)16(21)20-10-7-13(11-19)12-20;/h3-6,13H,1-2,7-12,19H2;1H. The van der Waals surface area contributed by atoms with Crippen molar-refractivity contribution < 1.29 is 13.2 Å². The van der Waals surface area contributed by atoms with E-state index in [0.717, 1.165) is 19.3 Å². The molecule has 8 heteroatoms. The van der Waals surface area contributed by atoms with E-state index in [1.54, 1.807) is 17.0 Å². The fourth-order valence-corrected chi connectivity index (χ4v) is 6.14. The molecular weight excluding hydrogens is 383 g/mol. The topological polar surface area (TPSA) is 80.5 Å². The van der Waals surface area contributed by atoms with Gasteiger partial charge in [-0.2, -0.15) is 0 Å². The van der Waals surface area contributed by atoms with E-state index in [1.807, 2.05) is 0 Å². The van der Waals surface area contributed by atoms with Crippen molar-refractivity contribution in [1.82, 2.24) is 4.90 Å². The maximum atomic E-state index is 13.3. The summed E-state index contributed by atoms with van der Waals surface area (Å²) in [4.78, 5) is 15.1. The summed E-state index contributed by atoms with van der Waals surface area (Å²) in [5, 5.41) is 0.478. The van der Waals surface area contributed by atoms with Crippen LogP contribution in [0.25, 0.3) is 0 Å². The van der Waals surface area contributed by atoms with E-state index < -0.39 is 14.6 Å². The summed E-state index contributed by atoms with van der Waals surface area (Å²) in [6.45, 7) is 1.69. The zero-order valence-corrected chi connectivity index (χ0v) is 16.4. The Labute approximate surface area is 160 Å². The highest BCUT2D eigenvalue weighted by atomic mass is 35.5. The van der Waals surface area contributed by atoms with Crippen molar-refractivity contribution in [3.63, 3.8) is 0 Å². The summed E-state index contributed by atoms with van der Waals surface area (Å²) in [7, 11) is -3.76. The molecule has 2 aliphatic rings. The van der Waals surface area contributed by atoms with Gasteiger partial charge in [0.2, 0.25) is 5.91 Å². The number of carbonyl (C=O) groups excluding carboxylic acids is 1. The molecule has 2 N–H and O–H groups in total. The van der Waals surface area contributed by atoms with Crippen molar-refractivity contribution in [3.05, 3.63) is 29.3 Å². The molecule has 1 atom stereocenters. The average molecular weight is 407 g/mol. The molecule has 1 unspecified atom stereocenters. The minimum Gasteiger partial charge on any atom is -0.341 e. The van der Waals surface area contributed by atoms with Gasteiger partial charge in [0, 0.05) is 18.1 Å². The highest BCUT2D eigenvalue weighted by Gasteiger charge is 2.55. The number of halogens is 2. The second-order valence-electron chi connectivity index (χ2n) is 6.80. The Hall–Kier alpha value is -0.820. The van der Waals surface area contributed by atoms with E-state index >= 15 is 0 Å². The van der Waals surface area contributed by atoms with Gasteiger partial charge in [0.05, 0.1) is 4.90 Å². The predicted octanol–water partition coefficient (Wildman–Crippen LogP) is 2.66. The maximum absolute atomic E-state index is 13.3. The van der Waals surface area contributed by atoms with Crippen LogP contribution in [0.3, 0.4) is 0 Å². The fraction of sp³-hybridized carbons (Fsp3) is 0.588. The summed E-state index contributed by atoms with van der Waals surface area (Å²) >= 11 is 5.87. The van der Waals surface area contributed by atoms with Crippen LogP contribution in [0.5, 0.6) is 0 Å². The summed E-state index contributed by atoms with van der Waals surface area (Å²) in [6.07, 6.45) is 3.14. The molecule has 1 aromatic carbocycles. The molecular formula is C17H24Cl2N2O3S. The highest BCUT2D eigenvalue weighted by molar-refractivity contribution is 7.93. The van der Waals surface area contributed by atoms with Gasteiger partial charge in [-0.05, 0) is 56.0 Å². The molecule has 1 amide bonds. The van der Waals surface area contributed by atoms with Crippen molar-refractivity contribution in [2.45, 2.75) is 41.7 Å². The number of carbonyl (C=O) groups is 1. The molecule has 1 aromatic rings. The number of hydrogen-bond acceptors (Lipinski definition) is 4. The van der Waals surface area contributed by atoms with E-state index in [-0.39, 0.29) is 29.1 Å². The zero-order chi connectivity index (χ0) is 17.4. The van der Waals surface area contributed by atoms with E-state index in [0.29, 0.717) is 37.5 Å². The van der Waals surface area contributed by atoms with Crippen molar-refractivity contribution in [2.75, 3.05) is 19.6 Å². The van der Waals surface area contributed by atoms with Crippen LogP contribution in [-0.2, 0) is 14.6 Å². The second-order valence-corrected chi connectivity index (χ2v) is 9.50. The summed E-state index contributed by atoms with van der Waals surface area (Å²) in [5.74, 6) is 0.0246. The summed E-state index contributed by atoms with van der Waals surface area (Å²) in [5.41, 5.74) is 5.70. The van der Waals surface area contributed by atoms with Gasteiger partial charge in [0.1, 0.15) is 0 Å². The van der Waals surface area contributed by atoms with Crippen molar-refractivity contribution in [2.24, 2.45) is 11.7 Å². The van der Waals surface area contributed by atoms with Crippen LogP contribution in [0.15, 0.2) is 29.2 Å². The number of likely N-dealkylation sites (tertiary alicyclic amines) is 1. The van der Waals surface area contributed by atoms with E-state index in [2.05, 4.69) is 0 Å². The Kier molecular flexibility index (Phi) is 6.41. The molecule has 1 heterocycles. The van der Waals surface area contributed by atoms with Gasteiger partial charge in [-0.15, -0.1) is 12.4 Å². The Morgan fingerprint density at radius 3 is 2.36 bits per heavy atom. The SMILES string of the molecule is Cl.NCC1CCN(C(=O)C2(S(=O)(=O)c3ccc(Cl)cc3)CCCC2)C1. The first-order valence-corrected chi connectivity index (χ1v) is 10.3. The lowest BCUT2D eigenvalue weighted by atomic mass is 10.1. The zero-order valence-electron chi connectivity index (χ0n) is 14.0. The molecule has 1 aliphatic heterocycles.